The Labute approximate surface area is 142 Å². The normalized spacial score (nSPS) is 14.8. The SMILES string of the molecule is O=C1CCCN1Cc1nnc(SCc2c(Cl)cccc2Cl)o1. The monoisotopic (exact) mass is 357 g/mol. The number of benzene rings is 1. The van der Waals surface area contributed by atoms with E-state index in [2.05, 4.69) is 10.2 Å². The van der Waals surface area contributed by atoms with Crippen molar-refractivity contribution in [2.75, 3.05) is 6.54 Å². The lowest BCUT2D eigenvalue weighted by molar-refractivity contribution is -0.128. The molecule has 0 unspecified atom stereocenters. The predicted octanol–water partition coefficient (Wildman–Crippen LogP) is 3.79. The van der Waals surface area contributed by atoms with Gasteiger partial charge in [-0.3, -0.25) is 4.79 Å². The summed E-state index contributed by atoms with van der Waals surface area (Å²) in [5.41, 5.74) is 0.838. The predicted molar refractivity (Wildman–Crippen MR) is 85.0 cm³/mol. The molecule has 3 rings (SSSR count). The van der Waals surface area contributed by atoms with Crippen molar-refractivity contribution >= 4 is 40.9 Å². The number of aromatic nitrogens is 2. The van der Waals surface area contributed by atoms with Gasteiger partial charge in [0.15, 0.2) is 0 Å². The summed E-state index contributed by atoms with van der Waals surface area (Å²) in [6.07, 6.45) is 1.49. The van der Waals surface area contributed by atoms with Crippen molar-refractivity contribution in [3.05, 3.63) is 39.7 Å². The third kappa shape index (κ3) is 3.56. The van der Waals surface area contributed by atoms with Crippen molar-refractivity contribution < 1.29 is 9.21 Å². The van der Waals surface area contributed by atoms with E-state index in [4.69, 9.17) is 27.6 Å². The van der Waals surface area contributed by atoms with E-state index >= 15 is 0 Å². The second-order valence-electron chi connectivity index (χ2n) is 4.87. The van der Waals surface area contributed by atoms with Crippen molar-refractivity contribution in [2.24, 2.45) is 0 Å². The lowest BCUT2D eigenvalue weighted by Crippen LogP contribution is -2.23. The Morgan fingerprint density at radius 3 is 2.73 bits per heavy atom. The molecular weight excluding hydrogens is 345 g/mol. The molecule has 0 radical (unpaired) electrons. The first-order chi connectivity index (χ1) is 10.6. The van der Waals surface area contributed by atoms with E-state index < -0.39 is 0 Å². The molecule has 0 spiro atoms. The Morgan fingerprint density at radius 1 is 1.27 bits per heavy atom. The number of thioether (sulfide) groups is 1. The Balaban J connectivity index is 1.61. The highest BCUT2D eigenvalue weighted by atomic mass is 35.5. The zero-order valence-corrected chi connectivity index (χ0v) is 13.9. The highest BCUT2D eigenvalue weighted by molar-refractivity contribution is 7.98. The number of carbonyl (C=O) groups is 1. The average Bonchev–Trinajstić information content (AvgIpc) is 3.09. The minimum atomic E-state index is 0.134. The first-order valence-electron chi connectivity index (χ1n) is 6.79. The van der Waals surface area contributed by atoms with Gasteiger partial charge in [-0.15, -0.1) is 10.2 Å². The van der Waals surface area contributed by atoms with E-state index in [1.807, 2.05) is 0 Å². The van der Waals surface area contributed by atoms with Crippen LogP contribution in [0.2, 0.25) is 10.0 Å². The van der Waals surface area contributed by atoms with Gasteiger partial charge in [-0.2, -0.15) is 0 Å². The number of hydrogen-bond acceptors (Lipinski definition) is 5. The molecule has 116 valence electrons. The van der Waals surface area contributed by atoms with Crippen molar-refractivity contribution in [1.29, 1.82) is 0 Å². The molecule has 1 saturated heterocycles. The first-order valence-corrected chi connectivity index (χ1v) is 8.53. The molecule has 22 heavy (non-hydrogen) atoms. The summed E-state index contributed by atoms with van der Waals surface area (Å²) in [6, 6.07) is 5.39. The van der Waals surface area contributed by atoms with E-state index in [-0.39, 0.29) is 5.91 Å². The molecule has 2 heterocycles. The number of likely N-dealkylation sites (tertiary alicyclic amines) is 1. The average molecular weight is 358 g/mol. The number of amides is 1. The van der Waals surface area contributed by atoms with Crippen LogP contribution in [0.4, 0.5) is 0 Å². The molecule has 1 aromatic carbocycles. The fourth-order valence-corrected chi connectivity index (χ4v) is 3.72. The van der Waals surface area contributed by atoms with Crippen molar-refractivity contribution in [3.63, 3.8) is 0 Å². The number of halogens is 2. The Hall–Kier alpha value is -1.24. The molecule has 2 aromatic rings. The highest BCUT2D eigenvalue weighted by Gasteiger charge is 2.22. The molecule has 0 N–H and O–H groups in total. The van der Waals surface area contributed by atoms with Gasteiger partial charge in [0.1, 0.15) is 0 Å². The Bertz CT molecular complexity index is 672. The fraction of sp³-hybridized carbons (Fsp3) is 0.357. The summed E-state index contributed by atoms with van der Waals surface area (Å²) in [7, 11) is 0. The minimum Gasteiger partial charge on any atom is -0.414 e. The van der Waals surface area contributed by atoms with Crippen LogP contribution in [-0.2, 0) is 17.1 Å². The van der Waals surface area contributed by atoms with Crippen molar-refractivity contribution in [3.8, 4) is 0 Å². The first kappa shape index (κ1) is 15.6. The second-order valence-corrected chi connectivity index (χ2v) is 6.61. The van der Waals surface area contributed by atoms with Crippen LogP contribution in [0.25, 0.3) is 0 Å². The Morgan fingerprint density at radius 2 is 2.05 bits per heavy atom. The molecular formula is C14H13Cl2N3O2S. The van der Waals surface area contributed by atoms with Gasteiger partial charge in [0.25, 0.3) is 5.22 Å². The lowest BCUT2D eigenvalue weighted by atomic mass is 10.2. The maximum Gasteiger partial charge on any atom is 0.276 e. The third-order valence-electron chi connectivity index (χ3n) is 3.35. The molecule has 5 nitrogen and oxygen atoms in total. The quantitative estimate of drug-likeness (QED) is 0.761. The van der Waals surface area contributed by atoms with Gasteiger partial charge in [0, 0.05) is 28.8 Å². The van der Waals surface area contributed by atoms with Gasteiger partial charge in [0.2, 0.25) is 11.8 Å². The number of carbonyl (C=O) groups excluding carboxylic acids is 1. The van der Waals surface area contributed by atoms with Crippen LogP contribution in [0.15, 0.2) is 27.8 Å². The van der Waals surface area contributed by atoms with E-state index in [0.29, 0.717) is 39.9 Å². The summed E-state index contributed by atoms with van der Waals surface area (Å²) < 4.78 is 5.56. The maximum absolute atomic E-state index is 11.6. The number of rotatable bonds is 5. The van der Waals surface area contributed by atoms with E-state index in [1.54, 1.807) is 23.1 Å². The summed E-state index contributed by atoms with van der Waals surface area (Å²) in [4.78, 5) is 13.3. The van der Waals surface area contributed by atoms with Crippen LogP contribution in [0.3, 0.4) is 0 Å². The molecule has 0 bridgehead atoms. The minimum absolute atomic E-state index is 0.134. The van der Waals surface area contributed by atoms with Gasteiger partial charge < -0.3 is 9.32 Å². The molecule has 1 amide bonds. The maximum atomic E-state index is 11.6. The molecule has 8 heteroatoms. The molecule has 1 aliphatic heterocycles. The van der Waals surface area contributed by atoms with E-state index in [0.717, 1.165) is 18.5 Å². The van der Waals surface area contributed by atoms with Crippen LogP contribution >= 0.6 is 35.0 Å². The van der Waals surface area contributed by atoms with Gasteiger partial charge in [0.05, 0.1) is 6.54 Å². The molecule has 1 aromatic heterocycles. The largest absolute Gasteiger partial charge is 0.414 e. The number of nitrogens with zero attached hydrogens (tertiary/aromatic N) is 3. The smallest absolute Gasteiger partial charge is 0.276 e. The molecule has 0 saturated carbocycles. The third-order valence-corrected chi connectivity index (χ3v) is 4.90. The molecule has 0 atom stereocenters. The highest BCUT2D eigenvalue weighted by Crippen LogP contribution is 2.31. The van der Waals surface area contributed by atoms with E-state index in [9.17, 15) is 4.79 Å². The topological polar surface area (TPSA) is 59.2 Å². The van der Waals surface area contributed by atoms with Crippen LogP contribution in [0.1, 0.15) is 24.3 Å². The van der Waals surface area contributed by atoms with Crippen LogP contribution in [0, 0.1) is 0 Å². The van der Waals surface area contributed by atoms with Crippen molar-refractivity contribution in [2.45, 2.75) is 30.4 Å². The fourth-order valence-electron chi connectivity index (χ4n) is 2.20. The standard InChI is InChI=1S/C14H13Cl2N3O2S/c15-10-3-1-4-11(16)9(10)8-22-14-18-17-12(21-14)7-19-6-2-5-13(19)20/h1,3-4H,2,5-8H2. The van der Waals surface area contributed by atoms with Crippen molar-refractivity contribution in [1.82, 2.24) is 15.1 Å². The summed E-state index contributed by atoms with van der Waals surface area (Å²) in [5, 5.41) is 9.62. The van der Waals surface area contributed by atoms with Gasteiger partial charge in [-0.05, 0) is 24.1 Å². The van der Waals surface area contributed by atoms with E-state index in [1.165, 1.54) is 11.8 Å². The zero-order chi connectivity index (χ0) is 15.5. The van der Waals surface area contributed by atoms with Gasteiger partial charge in [-0.25, -0.2) is 0 Å². The van der Waals surface area contributed by atoms with Crippen LogP contribution in [-0.4, -0.2) is 27.5 Å². The van der Waals surface area contributed by atoms with Gasteiger partial charge in [-0.1, -0.05) is 41.0 Å². The number of hydrogen-bond donors (Lipinski definition) is 0. The van der Waals surface area contributed by atoms with Crippen LogP contribution in [0.5, 0.6) is 0 Å². The summed E-state index contributed by atoms with van der Waals surface area (Å²) in [6.45, 7) is 1.12. The summed E-state index contributed by atoms with van der Waals surface area (Å²) in [5.74, 6) is 1.13. The zero-order valence-electron chi connectivity index (χ0n) is 11.6. The molecule has 1 aliphatic rings. The molecule has 1 fully saturated rings. The van der Waals surface area contributed by atoms with Gasteiger partial charge >= 0.3 is 0 Å². The summed E-state index contributed by atoms with van der Waals surface area (Å²) >= 11 is 13.6. The second kappa shape index (κ2) is 6.89. The Kier molecular flexibility index (Phi) is 4.90. The van der Waals surface area contributed by atoms with Crippen LogP contribution < -0.4 is 0 Å². The lowest BCUT2D eigenvalue weighted by Gasteiger charge is -2.11. The molecule has 0 aliphatic carbocycles.